The lowest BCUT2D eigenvalue weighted by Crippen LogP contribution is -2.34. The summed E-state index contributed by atoms with van der Waals surface area (Å²) in [4.78, 5) is 20.4. The molecule has 1 unspecified atom stereocenters. The number of ether oxygens (including phenoxy) is 1. The summed E-state index contributed by atoms with van der Waals surface area (Å²) in [6.07, 6.45) is 2.76. The molecule has 4 N–H and O–H groups in total. The number of ketones is 1. The molecule has 8 nitrogen and oxygen atoms in total. The van der Waals surface area contributed by atoms with Crippen LogP contribution in [-0.2, 0) is 26.5 Å². The number of nitrogens with one attached hydrogen (secondary N) is 3. The fraction of sp³-hybridized carbons (Fsp3) is 0.346. The van der Waals surface area contributed by atoms with Crippen molar-refractivity contribution >= 4 is 50.4 Å². The van der Waals surface area contributed by atoms with E-state index in [0.717, 1.165) is 11.1 Å². The zero-order valence-electron chi connectivity index (χ0n) is 20.9. The minimum atomic E-state index is -3.28. The van der Waals surface area contributed by atoms with Crippen LogP contribution in [0.3, 0.4) is 0 Å². The Balaban J connectivity index is 1.70. The number of Topliss-reactive ketones (excluding diaryl/α,β-unsaturated/α-hetero) is 1. The van der Waals surface area contributed by atoms with Gasteiger partial charge in [0.1, 0.15) is 26.6 Å². The Kier molecular flexibility index (Phi) is 6.99. The molecule has 190 valence electrons. The first-order valence-corrected chi connectivity index (χ1v) is 13.6. The van der Waals surface area contributed by atoms with E-state index in [1.807, 2.05) is 26.0 Å². The summed E-state index contributed by atoms with van der Waals surface area (Å²) in [5.41, 5.74) is 2.53. The van der Waals surface area contributed by atoms with E-state index >= 15 is 0 Å². The lowest BCUT2D eigenvalue weighted by atomic mass is 9.71. The number of carbonyl (C=O) groups excluding carboxylic acids is 1. The standard InChI is InChI=1S/C26H29ClN4O4S/c1-15(2)36(33,34)22-9-7-6-8-19(22)29-24-18(27)14-28-25(31-24)30-20-13-17-16(12-21(20)35-5)10-11-23(32)26(17,3)4/h6-9,12-15H,10-11H2,1-5H3,(H2,28,29,30,31)/p+2. The summed E-state index contributed by atoms with van der Waals surface area (Å²) < 4.78 is 29.2. The largest absolute Gasteiger partial charge is 0.493 e. The van der Waals surface area contributed by atoms with E-state index in [2.05, 4.69) is 20.6 Å². The minimum absolute atomic E-state index is 0.203. The summed E-state index contributed by atoms with van der Waals surface area (Å²) in [5.74, 6) is 1.50. The van der Waals surface area contributed by atoms with Gasteiger partial charge in [0, 0.05) is 11.8 Å². The van der Waals surface area contributed by atoms with E-state index in [4.69, 9.17) is 16.3 Å². The van der Waals surface area contributed by atoms with Gasteiger partial charge in [-0.15, -0.1) is 0 Å². The van der Waals surface area contributed by atoms with Gasteiger partial charge in [-0.05, 0) is 69.5 Å². The fourth-order valence-electron chi connectivity index (χ4n) is 4.27. The van der Waals surface area contributed by atoms with Crippen molar-refractivity contribution in [2.24, 2.45) is 0 Å². The molecule has 0 amide bonds. The molecule has 36 heavy (non-hydrogen) atoms. The smallest absolute Gasteiger partial charge is 0.396 e. The van der Waals surface area contributed by atoms with E-state index in [9.17, 15) is 13.2 Å². The summed E-state index contributed by atoms with van der Waals surface area (Å²) in [7, 11) is -1.69. The third kappa shape index (κ3) is 4.77. The van der Waals surface area contributed by atoms with Crippen LogP contribution in [0.15, 0.2) is 47.5 Å². The number of nitrogens with zero attached hydrogens (tertiary/aromatic N) is 1. The third-order valence-electron chi connectivity index (χ3n) is 6.55. The summed E-state index contributed by atoms with van der Waals surface area (Å²) in [6, 6.07) is 10.7. The van der Waals surface area contributed by atoms with Gasteiger partial charge in [0.2, 0.25) is 5.82 Å². The first-order valence-electron chi connectivity index (χ1n) is 11.7. The van der Waals surface area contributed by atoms with Crippen LogP contribution in [0.25, 0.3) is 0 Å². The van der Waals surface area contributed by atoms with Crippen molar-refractivity contribution in [3.05, 3.63) is 58.7 Å². The number of benzene rings is 2. The Labute approximate surface area is 216 Å². The van der Waals surface area contributed by atoms with Crippen LogP contribution in [0.1, 0.15) is 45.2 Å². The molecule has 10 heteroatoms. The monoisotopic (exact) mass is 530 g/mol. The molecule has 0 saturated carbocycles. The second-order valence-electron chi connectivity index (χ2n) is 9.57. The average molecular weight is 531 g/mol. The first kappa shape index (κ1) is 25.9. The van der Waals surface area contributed by atoms with Crippen molar-refractivity contribution in [2.75, 3.05) is 17.7 Å². The van der Waals surface area contributed by atoms with E-state index in [-0.39, 0.29) is 10.7 Å². The summed E-state index contributed by atoms with van der Waals surface area (Å²) in [5, 5.41) is 6.17. The van der Waals surface area contributed by atoms with Crippen molar-refractivity contribution in [2.45, 2.75) is 56.1 Å². The molecule has 1 aromatic heterocycles. The maximum atomic E-state index is 13.0. The van der Waals surface area contributed by atoms with Crippen molar-refractivity contribution in [1.82, 2.24) is 4.98 Å². The number of fused-ring (bicyclic) bond motifs is 1. The van der Waals surface area contributed by atoms with Gasteiger partial charge in [-0.3, -0.25) is 4.79 Å². The molecule has 0 aliphatic heterocycles. The highest BCUT2D eigenvalue weighted by Crippen LogP contribution is 2.40. The molecule has 2 aromatic carbocycles. The Morgan fingerprint density at radius 2 is 1.89 bits per heavy atom. The lowest BCUT2D eigenvalue weighted by Gasteiger charge is -2.31. The predicted octanol–water partition coefficient (Wildman–Crippen LogP) is 5.18. The molecule has 0 spiro atoms. The second-order valence-corrected chi connectivity index (χ2v) is 12.5. The molecule has 0 fully saturated rings. The van der Waals surface area contributed by atoms with Crippen LogP contribution in [0.5, 0.6) is 5.75 Å². The number of anilines is 4. The van der Waals surface area contributed by atoms with E-state index in [1.54, 1.807) is 51.4 Å². The number of hydrogen-bond acceptors (Lipinski definition) is 6. The minimum Gasteiger partial charge on any atom is -0.493 e. The summed E-state index contributed by atoms with van der Waals surface area (Å²) >= 11 is 6.41. The number of para-hydroxylation sites is 1. The van der Waals surface area contributed by atoms with Crippen molar-refractivity contribution < 1.29 is 22.9 Å². The van der Waals surface area contributed by atoms with Gasteiger partial charge < -0.3 is 10.1 Å². The molecular formula is C26H31ClN4O4S+2. The summed E-state index contributed by atoms with van der Waals surface area (Å²) in [6.45, 7) is 7.27. The molecule has 1 aliphatic rings. The number of aromatic amines is 1. The number of rotatable bonds is 7. The van der Waals surface area contributed by atoms with Gasteiger partial charge >= 0.3 is 15.8 Å². The molecular weight excluding hydrogens is 500 g/mol. The Bertz CT molecular complexity index is 1440. The average Bonchev–Trinajstić information content (AvgIpc) is 2.84. The maximum Gasteiger partial charge on any atom is 0.396 e. The third-order valence-corrected chi connectivity index (χ3v) is 9.10. The van der Waals surface area contributed by atoms with Crippen LogP contribution in [0, 0.1) is 0 Å². The van der Waals surface area contributed by atoms with E-state index < -0.39 is 20.5 Å². The number of aryl methyl sites for hydroxylation is 1. The highest BCUT2D eigenvalue weighted by atomic mass is 35.5. The Morgan fingerprint density at radius 1 is 1.17 bits per heavy atom. The second kappa shape index (κ2) is 9.71. The van der Waals surface area contributed by atoms with Gasteiger partial charge in [0.15, 0.2) is 5.75 Å². The number of aromatic nitrogens is 2. The molecule has 0 radical (unpaired) electrons. The zero-order valence-corrected chi connectivity index (χ0v) is 22.5. The van der Waals surface area contributed by atoms with Crippen molar-refractivity contribution in [3.8, 4) is 5.75 Å². The predicted molar refractivity (Wildman–Crippen MR) is 142 cm³/mol. The van der Waals surface area contributed by atoms with E-state index in [1.165, 1.54) is 0 Å². The van der Waals surface area contributed by atoms with Gasteiger partial charge in [0.05, 0.1) is 19.0 Å². The fourth-order valence-corrected chi connectivity index (χ4v) is 5.63. The molecule has 1 heterocycles. The number of H-pyrrole nitrogens is 1. The number of carbonyl (C=O) groups is 1. The lowest BCUT2D eigenvalue weighted by molar-refractivity contribution is -0.364. The molecule has 1 atom stereocenters. The SMILES string of the molecule is COc1cc2c(cc1Nc1nc(Nc3ccccc3S(=O)(=[OH+])C(C)C)c(Cl)c[nH+]1)C(C)(C)C(=O)CC2. The first-order chi connectivity index (χ1) is 16.9. The van der Waals surface area contributed by atoms with Crippen LogP contribution >= 0.6 is 11.6 Å². The molecule has 0 bridgehead atoms. The van der Waals surface area contributed by atoms with E-state index in [0.29, 0.717) is 46.8 Å². The van der Waals surface area contributed by atoms with Gasteiger partial charge in [0.25, 0.3) is 0 Å². The molecule has 3 aromatic rings. The molecule has 4 rings (SSSR count). The van der Waals surface area contributed by atoms with Crippen molar-refractivity contribution in [1.29, 1.82) is 0 Å². The highest BCUT2D eigenvalue weighted by molar-refractivity contribution is 7.92. The van der Waals surface area contributed by atoms with Crippen molar-refractivity contribution in [3.63, 3.8) is 0 Å². The van der Waals surface area contributed by atoms with Crippen LogP contribution in [-0.4, -0.2) is 31.5 Å². The number of hydrogen-bond donors (Lipinski definition) is 2. The number of methoxy groups -OCH3 is 1. The quantitative estimate of drug-likeness (QED) is 0.407. The van der Waals surface area contributed by atoms with Gasteiger partial charge in [-0.2, -0.15) is 4.21 Å². The topological polar surface area (TPSA) is 116 Å². The number of halogens is 1. The van der Waals surface area contributed by atoms with Crippen LogP contribution < -0.4 is 20.4 Å². The molecule has 0 saturated heterocycles. The zero-order chi connectivity index (χ0) is 26.3. The van der Waals surface area contributed by atoms with Gasteiger partial charge in [-0.25, -0.2) is 14.5 Å². The Hall–Kier alpha value is -3.17. The maximum absolute atomic E-state index is 13.0. The van der Waals surface area contributed by atoms with Crippen LogP contribution in [0.4, 0.5) is 23.1 Å². The highest BCUT2D eigenvalue weighted by Gasteiger charge is 2.36. The van der Waals surface area contributed by atoms with Gasteiger partial charge in [-0.1, -0.05) is 28.7 Å². The normalized spacial score (nSPS) is 16.2. The van der Waals surface area contributed by atoms with Crippen LogP contribution in [0.2, 0.25) is 5.02 Å². The molecule has 1 aliphatic carbocycles. The Morgan fingerprint density at radius 3 is 2.58 bits per heavy atom.